The normalized spacial score (nSPS) is 11.4. The maximum Gasteiger partial charge on any atom is 0.416 e. The maximum absolute atomic E-state index is 13.7. The molecule has 10 heteroatoms. The molecule has 4 rings (SSSR count). The second kappa shape index (κ2) is 13.7. The molecule has 0 amide bonds. The van der Waals surface area contributed by atoms with Crippen LogP contribution in [0.2, 0.25) is 0 Å². The van der Waals surface area contributed by atoms with E-state index in [1.54, 1.807) is 13.0 Å². The summed E-state index contributed by atoms with van der Waals surface area (Å²) < 4.78 is 46.5. The average molecular weight is 594 g/mol. The fraction of sp³-hybridized carbons (Fsp3) is 0.303. The molecule has 4 aromatic rings. The number of aliphatic carboxylic acids is 1. The third-order valence-electron chi connectivity index (χ3n) is 6.94. The smallest absolute Gasteiger partial charge is 0.416 e. The monoisotopic (exact) mass is 593 g/mol. The number of aliphatic hydroxyl groups excluding tert-OH is 1. The van der Waals surface area contributed by atoms with Gasteiger partial charge in [-0.25, -0.2) is 9.97 Å². The summed E-state index contributed by atoms with van der Waals surface area (Å²) in [6, 6.07) is 15.8. The van der Waals surface area contributed by atoms with Crippen LogP contribution in [0.4, 0.5) is 19.1 Å². The largest absolute Gasteiger partial charge is 0.490 e. The van der Waals surface area contributed by atoms with Gasteiger partial charge in [0.05, 0.1) is 31.2 Å². The second-order valence-electron chi connectivity index (χ2n) is 10.6. The lowest BCUT2D eigenvalue weighted by Gasteiger charge is -2.26. The van der Waals surface area contributed by atoms with E-state index in [0.717, 1.165) is 45.5 Å². The molecule has 0 saturated heterocycles. The third kappa shape index (κ3) is 8.54. The van der Waals surface area contributed by atoms with Crippen molar-refractivity contribution in [3.63, 3.8) is 0 Å². The van der Waals surface area contributed by atoms with E-state index in [1.165, 1.54) is 12.4 Å². The number of ether oxygens (including phenoxy) is 1. The number of carbonyl (C=O) groups is 1. The highest BCUT2D eigenvalue weighted by molar-refractivity contribution is 5.72. The van der Waals surface area contributed by atoms with Gasteiger partial charge in [0.25, 0.3) is 0 Å². The number of aliphatic hydroxyl groups is 1. The Bertz CT molecular complexity index is 1570. The molecule has 43 heavy (non-hydrogen) atoms. The van der Waals surface area contributed by atoms with Gasteiger partial charge >= 0.3 is 12.1 Å². The van der Waals surface area contributed by atoms with Crippen molar-refractivity contribution in [3.05, 3.63) is 106 Å². The zero-order valence-electron chi connectivity index (χ0n) is 24.3. The molecular formula is C33H34F3N3O4. The van der Waals surface area contributed by atoms with Gasteiger partial charge in [0.15, 0.2) is 5.75 Å². The lowest BCUT2D eigenvalue weighted by atomic mass is 9.93. The Morgan fingerprint density at radius 3 is 2.30 bits per heavy atom. The minimum atomic E-state index is -4.49. The van der Waals surface area contributed by atoms with E-state index in [4.69, 9.17) is 9.84 Å². The summed E-state index contributed by atoms with van der Waals surface area (Å²) in [4.78, 5) is 21.5. The number of alkyl halides is 3. The first kappa shape index (κ1) is 31.5. The Morgan fingerprint density at radius 1 is 0.884 bits per heavy atom. The van der Waals surface area contributed by atoms with E-state index in [0.29, 0.717) is 29.2 Å². The summed E-state index contributed by atoms with van der Waals surface area (Å²) in [5.41, 5.74) is 5.82. The topological polar surface area (TPSA) is 95.8 Å². The number of aromatic nitrogens is 2. The number of anilines is 1. The molecule has 2 N–H and O–H groups in total. The molecule has 0 radical (unpaired) electrons. The SMILES string of the molecule is Cc1cc(CN(Cc2cc(C)ccc2-c2cc(CO)ccc2C)c2ncc(OCCCC(=O)O)cn2)cc(C(F)(F)F)c1. The Kier molecular flexibility index (Phi) is 10.0. The van der Waals surface area contributed by atoms with Crippen LogP contribution in [0, 0.1) is 20.8 Å². The van der Waals surface area contributed by atoms with Crippen LogP contribution in [-0.4, -0.2) is 32.8 Å². The zero-order chi connectivity index (χ0) is 31.1. The van der Waals surface area contributed by atoms with Gasteiger partial charge in [0.2, 0.25) is 5.95 Å². The lowest BCUT2D eigenvalue weighted by molar-refractivity contribution is -0.138. The number of halogens is 3. The maximum atomic E-state index is 13.7. The number of benzene rings is 3. The molecule has 3 aromatic carbocycles. The minimum Gasteiger partial charge on any atom is -0.490 e. The number of carboxylic acid groups (broad SMARTS) is 1. The molecule has 1 aromatic heterocycles. The summed E-state index contributed by atoms with van der Waals surface area (Å²) in [7, 11) is 0. The van der Waals surface area contributed by atoms with Gasteiger partial charge in [-0.15, -0.1) is 0 Å². The molecule has 0 aliphatic carbocycles. The van der Waals surface area contributed by atoms with Gasteiger partial charge < -0.3 is 19.8 Å². The first-order valence-electron chi connectivity index (χ1n) is 13.8. The minimum absolute atomic E-state index is 0.0252. The highest BCUT2D eigenvalue weighted by atomic mass is 19.4. The van der Waals surface area contributed by atoms with Crippen LogP contribution in [-0.2, 0) is 30.7 Å². The van der Waals surface area contributed by atoms with Crippen LogP contribution in [0.5, 0.6) is 5.75 Å². The predicted octanol–water partition coefficient (Wildman–Crippen LogP) is 7.03. The number of carboxylic acids is 1. The molecule has 0 fully saturated rings. The van der Waals surface area contributed by atoms with Gasteiger partial charge in [0, 0.05) is 19.5 Å². The van der Waals surface area contributed by atoms with Crippen molar-refractivity contribution in [2.45, 2.75) is 59.5 Å². The van der Waals surface area contributed by atoms with Crippen molar-refractivity contribution in [2.24, 2.45) is 0 Å². The number of aryl methyl sites for hydroxylation is 3. The van der Waals surface area contributed by atoms with Gasteiger partial charge in [-0.1, -0.05) is 47.5 Å². The fourth-order valence-electron chi connectivity index (χ4n) is 4.88. The molecule has 7 nitrogen and oxygen atoms in total. The van der Waals surface area contributed by atoms with Crippen molar-refractivity contribution in [2.75, 3.05) is 11.5 Å². The van der Waals surface area contributed by atoms with E-state index in [9.17, 15) is 23.1 Å². The molecule has 0 saturated carbocycles. The molecule has 0 aliphatic heterocycles. The first-order valence-corrected chi connectivity index (χ1v) is 13.8. The van der Waals surface area contributed by atoms with E-state index < -0.39 is 17.7 Å². The van der Waals surface area contributed by atoms with Crippen molar-refractivity contribution < 1.29 is 32.9 Å². The van der Waals surface area contributed by atoms with Crippen LogP contribution in [0.25, 0.3) is 11.1 Å². The zero-order valence-corrected chi connectivity index (χ0v) is 24.3. The van der Waals surface area contributed by atoms with Gasteiger partial charge in [-0.05, 0) is 78.8 Å². The first-order chi connectivity index (χ1) is 20.4. The van der Waals surface area contributed by atoms with E-state index in [-0.39, 0.29) is 32.7 Å². The molecule has 1 heterocycles. The van der Waals surface area contributed by atoms with Gasteiger partial charge in [-0.2, -0.15) is 13.2 Å². The molecule has 0 atom stereocenters. The van der Waals surface area contributed by atoms with Crippen molar-refractivity contribution >= 4 is 11.9 Å². The van der Waals surface area contributed by atoms with Crippen LogP contribution in [0.1, 0.15) is 51.8 Å². The molecular weight excluding hydrogens is 559 g/mol. The van der Waals surface area contributed by atoms with E-state index in [2.05, 4.69) is 9.97 Å². The summed E-state index contributed by atoms with van der Waals surface area (Å²) >= 11 is 0. The Hall–Kier alpha value is -4.44. The summed E-state index contributed by atoms with van der Waals surface area (Å²) in [6.07, 6.45) is -1.24. The molecule has 226 valence electrons. The highest BCUT2D eigenvalue weighted by Crippen LogP contribution is 2.33. The van der Waals surface area contributed by atoms with E-state index >= 15 is 0 Å². The Labute approximate surface area is 248 Å². The Balaban J connectivity index is 1.72. The lowest BCUT2D eigenvalue weighted by Crippen LogP contribution is -2.25. The molecule has 0 spiro atoms. The van der Waals surface area contributed by atoms with Crippen LogP contribution in [0.15, 0.2) is 67.0 Å². The third-order valence-corrected chi connectivity index (χ3v) is 6.94. The Morgan fingerprint density at radius 2 is 1.63 bits per heavy atom. The standard InChI is InChI=1S/C33H34F3N3O4/c1-21-6-9-29(30-15-24(20-40)8-7-23(30)3)26(12-21)19-39(18-25-11-22(2)13-27(14-25)33(34,35)36)32-37-16-28(17-38-32)43-10-4-5-31(41)42/h6-9,11-17,40H,4-5,10,18-20H2,1-3H3,(H,41,42). The summed E-state index contributed by atoms with van der Waals surface area (Å²) in [5, 5.41) is 18.6. The van der Waals surface area contributed by atoms with Gasteiger partial charge in [0.1, 0.15) is 0 Å². The molecule has 0 aliphatic rings. The summed E-state index contributed by atoms with van der Waals surface area (Å²) in [6.45, 7) is 6.06. The molecule has 0 unspecified atom stereocenters. The number of nitrogens with zero attached hydrogens (tertiary/aromatic N) is 3. The molecule has 0 bridgehead atoms. The highest BCUT2D eigenvalue weighted by Gasteiger charge is 2.31. The van der Waals surface area contributed by atoms with Gasteiger partial charge in [-0.3, -0.25) is 4.79 Å². The second-order valence-corrected chi connectivity index (χ2v) is 10.6. The number of rotatable bonds is 12. The number of hydrogen-bond donors (Lipinski definition) is 2. The average Bonchev–Trinajstić information content (AvgIpc) is 2.95. The van der Waals surface area contributed by atoms with Crippen LogP contribution >= 0.6 is 0 Å². The summed E-state index contributed by atoms with van der Waals surface area (Å²) in [5.74, 6) is -0.262. The van der Waals surface area contributed by atoms with Crippen molar-refractivity contribution in [1.29, 1.82) is 0 Å². The number of hydrogen-bond acceptors (Lipinski definition) is 6. The van der Waals surface area contributed by atoms with Crippen molar-refractivity contribution in [3.8, 4) is 16.9 Å². The fourth-order valence-corrected chi connectivity index (χ4v) is 4.88. The van der Waals surface area contributed by atoms with Crippen molar-refractivity contribution in [1.82, 2.24) is 9.97 Å². The van der Waals surface area contributed by atoms with Crippen LogP contribution in [0.3, 0.4) is 0 Å². The quantitative estimate of drug-likeness (QED) is 0.170. The van der Waals surface area contributed by atoms with Crippen LogP contribution < -0.4 is 9.64 Å². The van der Waals surface area contributed by atoms with E-state index in [1.807, 2.05) is 55.1 Å². The predicted molar refractivity (Wildman–Crippen MR) is 158 cm³/mol.